The predicted octanol–water partition coefficient (Wildman–Crippen LogP) is 3.00. The van der Waals surface area contributed by atoms with Gasteiger partial charge in [-0.05, 0) is 50.4 Å². The Hall–Kier alpha value is -1.42. The maximum absolute atomic E-state index is 10.7. The summed E-state index contributed by atoms with van der Waals surface area (Å²) in [5.74, 6) is 1.63. The highest BCUT2D eigenvalue weighted by Crippen LogP contribution is 2.15. The summed E-state index contributed by atoms with van der Waals surface area (Å²) in [6.07, 6.45) is 3.71. The van der Waals surface area contributed by atoms with Crippen molar-refractivity contribution in [3.63, 3.8) is 0 Å². The van der Waals surface area contributed by atoms with Gasteiger partial charge in [-0.15, -0.1) is 24.0 Å². The molecule has 2 N–H and O–H groups in total. The number of rotatable bonds is 7. The van der Waals surface area contributed by atoms with Gasteiger partial charge in [-0.2, -0.15) is 0 Å². The minimum absolute atomic E-state index is 0. The summed E-state index contributed by atoms with van der Waals surface area (Å²) in [6.45, 7) is 7.36. The predicted molar refractivity (Wildman–Crippen MR) is 116 cm³/mol. The highest BCUT2D eigenvalue weighted by atomic mass is 127. The maximum atomic E-state index is 10.7. The van der Waals surface area contributed by atoms with Crippen molar-refractivity contribution in [2.45, 2.75) is 32.7 Å². The second-order valence-electron chi connectivity index (χ2n) is 6.65. The normalized spacial score (nSPS) is 16.0. The van der Waals surface area contributed by atoms with Gasteiger partial charge in [0.2, 0.25) is 0 Å². The van der Waals surface area contributed by atoms with Crippen LogP contribution in [0.15, 0.2) is 29.3 Å². The van der Waals surface area contributed by atoms with E-state index < -0.39 is 0 Å². The molecule has 0 bridgehead atoms. The zero-order chi connectivity index (χ0) is 18.1. The number of benzene rings is 1. The van der Waals surface area contributed by atoms with Gasteiger partial charge in [-0.1, -0.05) is 19.1 Å². The average molecular weight is 475 g/mol. The van der Waals surface area contributed by atoms with E-state index in [-0.39, 0.29) is 34.6 Å². The summed E-state index contributed by atoms with van der Waals surface area (Å²) in [6, 6.07) is 6.56. The standard InChI is InChI=1S/C18H29N5O2.HI/c1-15-8-12-22(13-9-15)11-3-10-20-18(19-2)21-14-16-4-6-17(7-5-16)23(24)25;/h4-7,15H,3,8-14H2,1-2H3,(H2,19,20,21);1H. The van der Waals surface area contributed by atoms with Crippen LogP contribution < -0.4 is 10.6 Å². The lowest BCUT2D eigenvalue weighted by molar-refractivity contribution is -0.384. The molecule has 0 atom stereocenters. The monoisotopic (exact) mass is 475 g/mol. The fourth-order valence-corrected chi connectivity index (χ4v) is 2.94. The van der Waals surface area contributed by atoms with E-state index >= 15 is 0 Å². The van der Waals surface area contributed by atoms with Gasteiger partial charge >= 0.3 is 0 Å². The number of likely N-dealkylation sites (tertiary alicyclic amines) is 1. The van der Waals surface area contributed by atoms with Crippen LogP contribution in [0.5, 0.6) is 0 Å². The quantitative estimate of drug-likeness (QED) is 0.158. The molecule has 1 aliphatic rings. The van der Waals surface area contributed by atoms with Crippen molar-refractivity contribution in [2.24, 2.45) is 10.9 Å². The Bertz CT molecular complexity index is 571. The maximum Gasteiger partial charge on any atom is 0.269 e. The van der Waals surface area contributed by atoms with Crippen LogP contribution in [0.25, 0.3) is 0 Å². The number of halogens is 1. The number of non-ortho nitro benzene ring substituents is 1. The highest BCUT2D eigenvalue weighted by molar-refractivity contribution is 14.0. The SMILES string of the molecule is CN=C(NCCCN1CCC(C)CC1)NCc1ccc([N+](=O)[O-])cc1.I. The van der Waals surface area contributed by atoms with Gasteiger partial charge in [0.25, 0.3) is 5.69 Å². The molecule has 26 heavy (non-hydrogen) atoms. The van der Waals surface area contributed by atoms with E-state index in [4.69, 9.17) is 0 Å². The lowest BCUT2D eigenvalue weighted by Gasteiger charge is -2.30. The van der Waals surface area contributed by atoms with Gasteiger partial charge < -0.3 is 15.5 Å². The number of nitrogens with zero attached hydrogens (tertiary/aromatic N) is 3. The van der Waals surface area contributed by atoms with E-state index in [1.807, 2.05) is 0 Å². The van der Waals surface area contributed by atoms with Crippen LogP contribution in [-0.4, -0.2) is 49.0 Å². The fraction of sp³-hybridized carbons (Fsp3) is 0.611. The van der Waals surface area contributed by atoms with Crippen molar-refractivity contribution >= 4 is 35.6 Å². The summed E-state index contributed by atoms with van der Waals surface area (Å²) in [5.41, 5.74) is 1.09. The molecule has 1 aromatic rings. The molecule has 8 heteroatoms. The number of nitro groups is 1. The molecule has 1 aliphatic heterocycles. The molecule has 0 aromatic heterocycles. The summed E-state index contributed by atoms with van der Waals surface area (Å²) in [7, 11) is 1.75. The minimum Gasteiger partial charge on any atom is -0.356 e. The first-order valence-electron chi connectivity index (χ1n) is 8.98. The number of nitrogens with one attached hydrogen (secondary N) is 2. The lowest BCUT2D eigenvalue weighted by Crippen LogP contribution is -2.39. The van der Waals surface area contributed by atoms with Crippen molar-refractivity contribution in [1.82, 2.24) is 15.5 Å². The molecule has 0 radical (unpaired) electrons. The first kappa shape index (κ1) is 22.6. The molecular weight excluding hydrogens is 445 g/mol. The molecule has 1 saturated heterocycles. The molecule has 7 nitrogen and oxygen atoms in total. The first-order valence-corrected chi connectivity index (χ1v) is 8.98. The molecule has 0 saturated carbocycles. The van der Waals surface area contributed by atoms with E-state index in [0.717, 1.165) is 37.0 Å². The Balaban J connectivity index is 0.00000338. The van der Waals surface area contributed by atoms with Crippen molar-refractivity contribution in [1.29, 1.82) is 0 Å². The number of hydrogen-bond acceptors (Lipinski definition) is 4. The Morgan fingerprint density at radius 1 is 1.27 bits per heavy atom. The number of guanidine groups is 1. The van der Waals surface area contributed by atoms with E-state index in [2.05, 4.69) is 27.4 Å². The number of piperidine rings is 1. The zero-order valence-corrected chi connectivity index (χ0v) is 17.9. The largest absolute Gasteiger partial charge is 0.356 e. The fourth-order valence-electron chi connectivity index (χ4n) is 2.94. The average Bonchev–Trinajstić information content (AvgIpc) is 2.63. The Morgan fingerprint density at radius 2 is 1.92 bits per heavy atom. The summed E-state index contributed by atoms with van der Waals surface area (Å²) in [5, 5.41) is 17.2. The third-order valence-electron chi connectivity index (χ3n) is 4.65. The van der Waals surface area contributed by atoms with E-state index in [0.29, 0.717) is 6.54 Å². The number of nitro benzene ring substituents is 1. The minimum atomic E-state index is -0.388. The molecule has 1 aromatic carbocycles. The van der Waals surface area contributed by atoms with Crippen molar-refractivity contribution in [3.8, 4) is 0 Å². The molecule has 1 heterocycles. The van der Waals surface area contributed by atoms with Crippen LogP contribution in [0.2, 0.25) is 0 Å². The summed E-state index contributed by atoms with van der Waals surface area (Å²) in [4.78, 5) is 17.0. The Morgan fingerprint density at radius 3 is 2.50 bits per heavy atom. The van der Waals surface area contributed by atoms with Gasteiger partial charge in [-0.25, -0.2) is 0 Å². The molecule has 2 rings (SSSR count). The molecular formula is C18H30IN5O2. The van der Waals surface area contributed by atoms with Crippen molar-refractivity contribution in [3.05, 3.63) is 39.9 Å². The molecule has 146 valence electrons. The summed E-state index contributed by atoms with van der Waals surface area (Å²) < 4.78 is 0. The van der Waals surface area contributed by atoms with Gasteiger partial charge in [0.05, 0.1) is 4.92 Å². The smallest absolute Gasteiger partial charge is 0.269 e. The third-order valence-corrected chi connectivity index (χ3v) is 4.65. The van der Waals surface area contributed by atoms with E-state index in [1.165, 1.54) is 38.1 Å². The lowest BCUT2D eigenvalue weighted by atomic mass is 9.99. The highest BCUT2D eigenvalue weighted by Gasteiger charge is 2.14. The van der Waals surface area contributed by atoms with Crippen molar-refractivity contribution < 1.29 is 4.92 Å². The second-order valence-corrected chi connectivity index (χ2v) is 6.65. The van der Waals surface area contributed by atoms with Crippen LogP contribution in [0, 0.1) is 16.0 Å². The first-order chi connectivity index (χ1) is 12.1. The van der Waals surface area contributed by atoms with Crippen LogP contribution in [0.3, 0.4) is 0 Å². The number of aliphatic imine (C=N–C) groups is 1. The van der Waals surface area contributed by atoms with E-state index in [9.17, 15) is 10.1 Å². The zero-order valence-electron chi connectivity index (χ0n) is 15.6. The topological polar surface area (TPSA) is 82.8 Å². The van der Waals surface area contributed by atoms with Gasteiger partial charge in [-0.3, -0.25) is 15.1 Å². The molecule has 0 amide bonds. The van der Waals surface area contributed by atoms with Gasteiger partial charge in [0.1, 0.15) is 0 Å². The molecule has 0 aliphatic carbocycles. The van der Waals surface area contributed by atoms with Crippen LogP contribution in [-0.2, 0) is 6.54 Å². The van der Waals surface area contributed by atoms with Gasteiger partial charge in [0.15, 0.2) is 5.96 Å². The van der Waals surface area contributed by atoms with Crippen LogP contribution >= 0.6 is 24.0 Å². The molecule has 0 unspecified atom stereocenters. The third kappa shape index (κ3) is 7.86. The van der Waals surface area contributed by atoms with Crippen LogP contribution in [0.4, 0.5) is 5.69 Å². The van der Waals surface area contributed by atoms with Gasteiger partial charge in [0, 0.05) is 32.3 Å². The molecule has 1 fully saturated rings. The summed E-state index contributed by atoms with van der Waals surface area (Å²) >= 11 is 0. The second kappa shape index (κ2) is 12.1. The van der Waals surface area contributed by atoms with Crippen molar-refractivity contribution in [2.75, 3.05) is 33.2 Å². The van der Waals surface area contributed by atoms with E-state index in [1.54, 1.807) is 19.2 Å². The van der Waals surface area contributed by atoms with Crippen LogP contribution in [0.1, 0.15) is 31.7 Å². The Kier molecular flexibility index (Phi) is 10.5. The Labute approximate surface area is 172 Å². The molecule has 0 spiro atoms. The number of hydrogen-bond donors (Lipinski definition) is 2.